The largest absolute Gasteiger partial charge is 0.480 e. The Kier molecular flexibility index (Phi) is 5.78. The monoisotopic (exact) mass is 388 g/mol. The molecule has 2 heterocycles. The molecule has 0 saturated carbocycles. The molecule has 0 amide bonds. The molecule has 1 unspecified atom stereocenters. The van der Waals surface area contributed by atoms with Crippen molar-refractivity contribution in [1.82, 2.24) is 9.55 Å². The smallest absolute Gasteiger partial charge is 0.326 e. The average Bonchev–Trinajstić information content (AvgIpc) is 3.07. The molecule has 0 spiro atoms. The second kappa shape index (κ2) is 8.05. The number of benzene rings is 1. The molecule has 0 radical (unpaired) electrons. The molecule has 0 bridgehead atoms. The van der Waals surface area contributed by atoms with Crippen LogP contribution in [-0.2, 0) is 17.6 Å². The predicted molar refractivity (Wildman–Crippen MR) is 106 cm³/mol. The van der Waals surface area contributed by atoms with Crippen LogP contribution in [0.15, 0.2) is 46.3 Å². The van der Waals surface area contributed by atoms with Crippen molar-refractivity contribution in [3.05, 3.63) is 57.2 Å². The highest BCUT2D eigenvalue weighted by molar-refractivity contribution is 7.98. The van der Waals surface area contributed by atoms with E-state index in [0.29, 0.717) is 28.2 Å². The van der Waals surface area contributed by atoms with Crippen molar-refractivity contribution < 1.29 is 9.90 Å². The molecule has 0 saturated heterocycles. The number of hydrogen-bond acceptors (Lipinski definition) is 5. The van der Waals surface area contributed by atoms with E-state index in [-0.39, 0.29) is 5.56 Å². The van der Waals surface area contributed by atoms with Crippen LogP contribution in [0.3, 0.4) is 0 Å². The van der Waals surface area contributed by atoms with Crippen LogP contribution in [0.5, 0.6) is 0 Å². The Morgan fingerprint density at radius 1 is 1.35 bits per heavy atom. The molecule has 1 atom stereocenters. The van der Waals surface area contributed by atoms with Crippen molar-refractivity contribution in [3.63, 3.8) is 0 Å². The molecule has 3 aromatic rings. The van der Waals surface area contributed by atoms with Gasteiger partial charge in [-0.25, -0.2) is 9.78 Å². The van der Waals surface area contributed by atoms with E-state index in [9.17, 15) is 14.7 Å². The third-order valence-electron chi connectivity index (χ3n) is 4.29. The number of thioether (sulfide) groups is 1. The number of carboxylic acid groups (broad SMARTS) is 1. The topological polar surface area (TPSA) is 72.2 Å². The van der Waals surface area contributed by atoms with Crippen molar-refractivity contribution >= 4 is 39.3 Å². The second-order valence-electron chi connectivity index (χ2n) is 5.94. The number of nitrogens with zero attached hydrogens (tertiary/aromatic N) is 2. The van der Waals surface area contributed by atoms with E-state index in [2.05, 4.69) is 4.98 Å². The summed E-state index contributed by atoms with van der Waals surface area (Å²) in [5.74, 6) is -1.01. The van der Waals surface area contributed by atoms with Gasteiger partial charge in [-0.3, -0.25) is 9.36 Å². The SMILES string of the molecule is CCc1cc2c(=O)n(C(CCc3ccccc3)C(=O)O)c(SC)nc2s1. The third-order valence-corrected chi connectivity index (χ3v) is 6.12. The summed E-state index contributed by atoms with van der Waals surface area (Å²) in [5.41, 5.74) is 0.783. The van der Waals surface area contributed by atoms with Crippen LogP contribution in [0.2, 0.25) is 0 Å². The van der Waals surface area contributed by atoms with E-state index in [4.69, 9.17) is 0 Å². The number of aliphatic carboxylic acids is 1. The van der Waals surface area contributed by atoms with Gasteiger partial charge in [0.25, 0.3) is 5.56 Å². The molecular formula is C19H20N2O3S2. The van der Waals surface area contributed by atoms with Gasteiger partial charge in [-0.05, 0) is 37.1 Å². The van der Waals surface area contributed by atoms with Gasteiger partial charge in [-0.1, -0.05) is 49.0 Å². The van der Waals surface area contributed by atoms with Gasteiger partial charge in [0.2, 0.25) is 0 Å². The highest BCUT2D eigenvalue weighted by Crippen LogP contribution is 2.27. The van der Waals surface area contributed by atoms with Gasteiger partial charge in [0.05, 0.1) is 5.39 Å². The van der Waals surface area contributed by atoms with E-state index in [1.165, 1.54) is 27.7 Å². The van der Waals surface area contributed by atoms with Crippen molar-refractivity contribution in [3.8, 4) is 0 Å². The first kappa shape index (κ1) is 18.7. The number of thiophene rings is 1. The fraction of sp³-hybridized carbons (Fsp3) is 0.316. The summed E-state index contributed by atoms with van der Waals surface area (Å²) in [4.78, 5) is 31.3. The summed E-state index contributed by atoms with van der Waals surface area (Å²) in [6.45, 7) is 2.03. The zero-order valence-electron chi connectivity index (χ0n) is 14.6. The molecule has 0 fully saturated rings. The van der Waals surface area contributed by atoms with E-state index in [0.717, 1.165) is 16.9 Å². The lowest BCUT2D eigenvalue weighted by Gasteiger charge is -2.18. The highest BCUT2D eigenvalue weighted by atomic mass is 32.2. The van der Waals surface area contributed by atoms with E-state index in [1.54, 1.807) is 0 Å². The second-order valence-corrected chi connectivity index (χ2v) is 7.83. The molecule has 0 aliphatic rings. The molecule has 1 aromatic carbocycles. The summed E-state index contributed by atoms with van der Waals surface area (Å²) in [6.07, 6.45) is 3.56. The number of rotatable bonds is 7. The first-order chi connectivity index (χ1) is 12.5. The molecule has 5 nitrogen and oxygen atoms in total. The standard InChI is InChI=1S/C19H20N2O3S2/c1-3-13-11-14-16(26-13)20-19(25-2)21(17(14)22)15(18(23)24)10-9-12-7-5-4-6-8-12/h4-8,11,15H,3,9-10H2,1-2H3,(H,23,24). The zero-order valence-corrected chi connectivity index (χ0v) is 16.3. The maximum absolute atomic E-state index is 13.0. The fourth-order valence-corrected chi connectivity index (χ4v) is 4.53. The first-order valence-electron chi connectivity index (χ1n) is 8.40. The van der Waals surface area contributed by atoms with Crippen molar-refractivity contribution in [2.24, 2.45) is 0 Å². The average molecular weight is 389 g/mol. The van der Waals surface area contributed by atoms with Crippen LogP contribution in [-0.4, -0.2) is 26.9 Å². The minimum Gasteiger partial charge on any atom is -0.480 e. The van der Waals surface area contributed by atoms with Crippen LogP contribution < -0.4 is 5.56 Å². The summed E-state index contributed by atoms with van der Waals surface area (Å²) in [7, 11) is 0. The zero-order chi connectivity index (χ0) is 18.7. The van der Waals surface area contributed by atoms with Crippen molar-refractivity contribution in [2.75, 3.05) is 6.26 Å². The molecule has 7 heteroatoms. The molecule has 0 aliphatic heterocycles. The van der Waals surface area contributed by atoms with Gasteiger partial charge in [0, 0.05) is 4.88 Å². The molecule has 136 valence electrons. The van der Waals surface area contributed by atoms with Gasteiger partial charge in [-0.2, -0.15) is 0 Å². The van der Waals surface area contributed by atoms with Crippen molar-refractivity contribution in [1.29, 1.82) is 0 Å². The maximum Gasteiger partial charge on any atom is 0.326 e. The van der Waals surface area contributed by atoms with Gasteiger partial charge < -0.3 is 5.11 Å². The van der Waals surface area contributed by atoms with Crippen molar-refractivity contribution in [2.45, 2.75) is 37.4 Å². The minimum atomic E-state index is -1.01. The van der Waals surface area contributed by atoms with Gasteiger partial charge >= 0.3 is 5.97 Å². The summed E-state index contributed by atoms with van der Waals surface area (Å²) in [5, 5.41) is 10.7. The number of aryl methyl sites for hydroxylation is 2. The highest BCUT2D eigenvalue weighted by Gasteiger charge is 2.25. The van der Waals surface area contributed by atoms with Crippen LogP contribution in [0.1, 0.15) is 29.8 Å². The number of aromatic nitrogens is 2. The lowest BCUT2D eigenvalue weighted by atomic mass is 10.1. The maximum atomic E-state index is 13.0. The van der Waals surface area contributed by atoms with Crippen LogP contribution in [0, 0.1) is 0 Å². The number of carboxylic acids is 1. The lowest BCUT2D eigenvalue weighted by Crippen LogP contribution is -2.32. The van der Waals surface area contributed by atoms with Crippen LogP contribution in [0.25, 0.3) is 10.2 Å². The quantitative estimate of drug-likeness (QED) is 0.489. The van der Waals surface area contributed by atoms with E-state index >= 15 is 0 Å². The molecule has 2 aromatic heterocycles. The van der Waals surface area contributed by atoms with Gasteiger partial charge in [-0.15, -0.1) is 11.3 Å². The normalized spacial score (nSPS) is 12.4. The summed E-state index contributed by atoms with van der Waals surface area (Å²) < 4.78 is 1.35. The molecular weight excluding hydrogens is 368 g/mol. The Morgan fingerprint density at radius 3 is 2.69 bits per heavy atom. The minimum absolute atomic E-state index is 0.268. The Bertz CT molecular complexity index is 980. The molecule has 26 heavy (non-hydrogen) atoms. The third kappa shape index (κ3) is 3.68. The summed E-state index contributed by atoms with van der Waals surface area (Å²) in [6, 6.07) is 10.6. The Labute approximate surface area is 159 Å². The van der Waals surface area contributed by atoms with Gasteiger partial charge in [0.15, 0.2) is 5.16 Å². The van der Waals surface area contributed by atoms with Crippen LogP contribution >= 0.6 is 23.1 Å². The molecule has 1 N–H and O–H groups in total. The number of fused-ring (bicyclic) bond motifs is 1. The lowest BCUT2D eigenvalue weighted by molar-refractivity contribution is -0.141. The van der Waals surface area contributed by atoms with Crippen LogP contribution in [0.4, 0.5) is 0 Å². The predicted octanol–water partition coefficient (Wildman–Crippen LogP) is 4.00. The number of hydrogen-bond donors (Lipinski definition) is 1. The van der Waals surface area contributed by atoms with Gasteiger partial charge in [0.1, 0.15) is 10.9 Å². The Morgan fingerprint density at radius 2 is 2.08 bits per heavy atom. The number of carbonyl (C=O) groups is 1. The summed E-state index contributed by atoms with van der Waals surface area (Å²) >= 11 is 2.80. The van der Waals surface area contributed by atoms with E-state index < -0.39 is 12.0 Å². The molecule has 3 rings (SSSR count). The first-order valence-corrected chi connectivity index (χ1v) is 10.4. The Hall–Kier alpha value is -2.12. The fourth-order valence-electron chi connectivity index (χ4n) is 2.93. The molecule has 0 aliphatic carbocycles. The van der Waals surface area contributed by atoms with E-state index in [1.807, 2.05) is 49.6 Å². The Balaban J connectivity index is 2.05.